The van der Waals surface area contributed by atoms with Crippen LogP contribution in [0.2, 0.25) is 0 Å². The van der Waals surface area contributed by atoms with E-state index in [0.717, 1.165) is 6.07 Å². The number of ether oxygens (including phenoxy) is 1. The van der Waals surface area contributed by atoms with Crippen LogP contribution in [0.15, 0.2) is 24.3 Å². The van der Waals surface area contributed by atoms with E-state index in [0.29, 0.717) is 5.56 Å². The van der Waals surface area contributed by atoms with Crippen molar-refractivity contribution in [1.82, 2.24) is 0 Å². The molecule has 142 valence electrons. The van der Waals surface area contributed by atoms with Gasteiger partial charge in [0.25, 0.3) is 0 Å². The molecule has 0 aliphatic carbocycles. The van der Waals surface area contributed by atoms with Crippen molar-refractivity contribution in [3.63, 3.8) is 0 Å². The third-order valence-electron chi connectivity index (χ3n) is 4.04. The van der Waals surface area contributed by atoms with Crippen molar-refractivity contribution in [2.45, 2.75) is 33.2 Å². The molecule has 0 amide bonds. The topological polar surface area (TPSA) is 72.5 Å². The van der Waals surface area contributed by atoms with Gasteiger partial charge in [0, 0.05) is 17.2 Å². The van der Waals surface area contributed by atoms with Crippen molar-refractivity contribution in [2.24, 2.45) is 5.73 Å². The van der Waals surface area contributed by atoms with Gasteiger partial charge in [-0.1, -0.05) is 0 Å². The lowest BCUT2D eigenvalue weighted by Gasteiger charge is -2.17. The Labute approximate surface area is 157 Å². The molecule has 3 N–H and O–H groups in total. The number of hydrogen-bond donors (Lipinski definition) is 2. The Bertz CT molecular complexity index is 812. The lowest BCUT2D eigenvalue weighted by molar-refractivity contribution is -0.143. The molecule has 0 aliphatic rings. The zero-order valence-electron chi connectivity index (χ0n) is 14.8. The van der Waals surface area contributed by atoms with Crippen LogP contribution in [0, 0.1) is 25.5 Å². The summed E-state index contributed by atoms with van der Waals surface area (Å²) in [5, 5.41) is 10.1. The highest BCUT2D eigenvalue weighted by molar-refractivity contribution is 5.85. The van der Waals surface area contributed by atoms with E-state index in [4.69, 9.17) is 10.5 Å². The maximum absolute atomic E-state index is 14.5. The van der Waals surface area contributed by atoms with Crippen molar-refractivity contribution in [2.75, 3.05) is 6.61 Å². The predicted molar refractivity (Wildman–Crippen MR) is 98.4 cm³/mol. The van der Waals surface area contributed by atoms with Gasteiger partial charge in [0.05, 0.1) is 13.0 Å². The fraction of sp³-hybridized carbons (Fsp3) is 0.316. The van der Waals surface area contributed by atoms with E-state index in [2.05, 4.69) is 0 Å². The zero-order chi connectivity index (χ0) is 18.7. The van der Waals surface area contributed by atoms with Crippen LogP contribution >= 0.6 is 12.4 Å². The molecule has 2 aromatic carbocycles. The van der Waals surface area contributed by atoms with Crippen molar-refractivity contribution < 1.29 is 23.4 Å². The van der Waals surface area contributed by atoms with Crippen LogP contribution in [-0.2, 0) is 9.53 Å². The Balaban J connectivity index is 0.00000338. The number of aryl methyl sites for hydroxylation is 1. The molecule has 26 heavy (non-hydrogen) atoms. The SMILES string of the molecule is CCOC(=O)C[C@H](N)c1cc(-c2c(O)ccc(F)c2C)cc(C)c1F.Cl. The fourth-order valence-corrected chi connectivity index (χ4v) is 2.76. The third kappa shape index (κ3) is 4.51. The highest BCUT2D eigenvalue weighted by atomic mass is 35.5. The largest absolute Gasteiger partial charge is 0.507 e. The van der Waals surface area contributed by atoms with E-state index in [1.54, 1.807) is 13.8 Å². The van der Waals surface area contributed by atoms with Gasteiger partial charge in [-0.05, 0) is 61.7 Å². The highest BCUT2D eigenvalue weighted by Gasteiger charge is 2.21. The summed E-state index contributed by atoms with van der Waals surface area (Å²) < 4.78 is 33.2. The number of esters is 1. The second-order valence-corrected chi connectivity index (χ2v) is 5.88. The summed E-state index contributed by atoms with van der Waals surface area (Å²) >= 11 is 0. The Morgan fingerprint density at radius 2 is 1.92 bits per heavy atom. The molecular weight excluding hydrogens is 364 g/mol. The van der Waals surface area contributed by atoms with Crippen LogP contribution in [0.5, 0.6) is 5.75 Å². The molecule has 0 heterocycles. The normalized spacial score (nSPS) is 11.6. The molecular formula is C19H22ClF2NO3. The molecule has 0 spiro atoms. The predicted octanol–water partition coefficient (Wildman–Crippen LogP) is 4.33. The fourth-order valence-electron chi connectivity index (χ4n) is 2.76. The summed E-state index contributed by atoms with van der Waals surface area (Å²) in [6.07, 6.45) is -0.179. The van der Waals surface area contributed by atoms with Gasteiger partial charge in [-0.25, -0.2) is 8.78 Å². The van der Waals surface area contributed by atoms with Crippen LogP contribution < -0.4 is 5.73 Å². The summed E-state index contributed by atoms with van der Waals surface area (Å²) in [7, 11) is 0. The molecule has 0 saturated carbocycles. The molecule has 7 heteroatoms. The first-order valence-corrected chi connectivity index (χ1v) is 7.95. The molecule has 0 radical (unpaired) electrons. The smallest absolute Gasteiger partial charge is 0.307 e. The number of rotatable bonds is 5. The maximum atomic E-state index is 14.5. The molecule has 2 rings (SSSR count). The Hall–Kier alpha value is -2.18. The number of halogens is 3. The van der Waals surface area contributed by atoms with E-state index in [9.17, 15) is 18.7 Å². The number of phenolic OH excluding ortho intramolecular Hbond substituents is 1. The first kappa shape index (κ1) is 21.9. The van der Waals surface area contributed by atoms with Crippen LogP contribution in [-0.4, -0.2) is 17.7 Å². The molecule has 0 bridgehead atoms. The second kappa shape index (κ2) is 8.96. The van der Waals surface area contributed by atoms with Gasteiger partial charge in [0.1, 0.15) is 17.4 Å². The van der Waals surface area contributed by atoms with E-state index in [1.165, 1.54) is 25.1 Å². The van der Waals surface area contributed by atoms with Crippen molar-refractivity contribution in [1.29, 1.82) is 0 Å². The minimum absolute atomic E-state index is 0. The second-order valence-electron chi connectivity index (χ2n) is 5.88. The number of phenols is 1. The Kier molecular flexibility index (Phi) is 7.54. The van der Waals surface area contributed by atoms with Crippen LogP contribution in [0.25, 0.3) is 11.1 Å². The van der Waals surface area contributed by atoms with Gasteiger partial charge in [0.15, 0.2) is 0 Å². The van der Waals surface area contributed by atoms with Gasteiger partial charge >= 0.3 is 5.97 Å². The van der Waals surface area contributed by atoms with Gasteiger partial charge < -0.3 is 15.6 Å². The van der Waals surface area contributed by atoms with Crippen LogP contribution in [0.3, 0.4) is 0 Å². The molecule has 1 atom stereocenters. The number of aromatic hydroxyl groups is 1. The van der Waals surface area contributed by atoms with Gasteiger partial charge in [-0.3, -0.25) is 4.79 Å². The third-order valence-corrected chi connectivity index (χ3v) is 4.04. The van der Waals surface area contributed by atoms with E-state index in [1.807, 2.05) is 0 Å². The first-order chi connectivity index (χ1) is 11.8. The summed E-state index contributed by atoms with van der Waals surface area (Å²) in [5.74, 6) is -1.65. The average Bonchev–Trinajstić information content (AvgIpc) is 2.54. The first-order valence-electron chi connectivity index (χ1n) is 7.95. The molecule has 4 nitrogen and oxygen atoms in total. The Morgan fingerprint density at radius 3 is 2.54 bits per heavy atom. The van der Waals surface area contributed by atoms with E-state index in [-0.39, 0.29) is 53.4 Å². The van der Waals surface area contributed by atoms with Crippen molar-refractivity contribution in [3.05, 3.63) is 52.6 Å². The molecule has 0 aromatic heterocycles. The Morgan fingerprint density at radius 1 is 1.27 bits per heavy atom. The van der Waals surface area contributed by atoms with Crippen LogP contribution in [0.4, 0.5) is 8.78 Å². The number of carbonyl (C=O) groups excluding carboxylic acids is 1. The lowest BCUT2D eigenvalue weighted by Crippen LogP contribution is -2.19. The van der Waals surface area contributed by atoms with E-state index >= 15 is 0 Å². The molecule has 0 fully saturated rings. The number of hydrogen-bond acceptors (Lipinski definition) is 4. The maximum Gasteiger partial charge on any atom is 0.307 e. The minimum Gasteiger partial charge on any atom is -0.507 e. The van der Waals surface area contributed by atoms with Gasteiger partial charge in [0.2, 0.25) is 0 Å². The van der Waals surface area contributed by atoms with Gasteiger partial charge in [-0.2, -0.15) is 0 Å². The molecule has 2 aromatic rings. The lowest BCUT2D eigenvalue weighted by atomic mass is 9.92. The monoisotopic (exact) mass is 385 g/mol. The molecule has 0 aliphatic heterocycles. The quantitative estimate of drug-likeness (QED) is 0.751. The standard InChI is InChI=1S/C19H21F2NO3.ClH/c1-4-25-17(24)9-15(22)13-8-12(7-10(2)19(13)21)18-11(3)14(20)5-6-16(18)23;/h5-8,15,23H,4,9,22H2,1-3H3;1H/t15-;/m0./s1. The number of nitrogens with two attached hydrogens (primary N) is 1. The van der Waals surface area contributed by atoms with E-state index < -0.39 is 23.6 Å². The zero-order valence-corrected chi connectivity index (χ0v) is 15.6. The minimum atomic E-state index is -0.909. The van der Waals surface area contributed by atoms with Gasteiger partial charge in [-0.15, -0.1) is 12.4 Å². The van der Waals surface area contributed by atoms with Crippen molar-refractivity contribution >= 4 is 18.4 Å². The number of benzene rings is 2. The summed E-state index contributed by atoms with van der Waals surface area (Å²) in [5.41, 5.74) is 7.33. The summed E-state index contributed by atoms with van der Waals surface area (Å²) in [4.78, 5) is 11.6. The van der Waals surface area contributed by atoms with Crippen LogP contribution in [0.1, 0.15) is 36.1 Å². The summed E-state index contributed by atoms with van der Waals surface area (Å²) in [6, 6.07) is 4.45. The number of carbonyl (C=O) groups is 1. The molecule has 0 unspecified atom stereocenters. The highest BCUT2D eigenvalue weighted by Crippen LogP contribution is 2.36. The average molecular weight is 386 g/mol. The molecule has 0 saturated heterocycles. The summed E-state index contributed by atoms with van der Waals surface area (Å²) in [6.45, 7) is 4.96. The van der Waals surface area contributed by atoms with Crippen molar-refractivity contribution in [3.8, 4) is 16.9 Å².